The van der Waals surface area contributed by atoms with Crippen molar-refractivity contribution < 1.29 is 8.42 Å². The van der Waals surface area contributed by atoms with Crippen molar-refractivity contribution in [3.63, 3.8) is 0 Å². The fraction of sp³-hybridized carbons (Fsp3) is 0.0588. The summed E-state index contributed by atoms with van der Waals surface area (Å²) in [4.78, 5) is 2.47. The quantitative estimate of drug-likeness (QED) is 0.698. The minimum absolute atomic E-state index is 0.175. The highest BCUT2D eigenvalue weighted by Crippen LogP contribution is 2.16. The van der Waals surface area contributed by atoms with Gasteiger partial charge in [-0.2, -0.15) is 0 Å². The van der Waals surface area contributed by atoms with E-state index in [0.717, 1.165) is 11.1 Å². The zero-order chi connectivity index (χ0) is 17.0. The zero-order valence-corrected chi connectivity index (χ0v) is 13.8. The largest absolute Gasteiger partial charge is 0.290 e. The summed E-state index contributed by atoms with van der Waals surface area (Å²) in [5.41, 5.74) is 5.21. The summed E-state index contributed by atoms with van der Waals surface area (Å²) in [6.45, 7) is 1.89. The normalized spacial score (nSPS) is 11.2. The first-order valence-electron chi connectivity index (χ1n) is 7.28. The number of hydrogen-bond donors (Lipinski definition) is 2. The number of hydrazine groups is 1. The maximum atomic E-state index is 12.2. The molecular weight excluding hydrogens is 324 g/mol. The minimum atomic E-state index is -3.67. The number of aryl methyl sites for hydroxylation is 1. The highest BCUT2D eigenvalue weighted by molar-refractivity contribution is 7.89. The fourth-order valence-electron chi connectivity index (χ4n) is 2.06. The summed E-state index contributed by atoms with van der Waals surface area (Å²) >= 11 is 0. The summed E-state index contributed by atoms with van der Waals surface area (Å²) in [5, 5.41) is 8.06. The molecule has 2 aromatic carbocycles. The molecule has 0 spiro atoms. The standard InChI is InChI=1S/C17H16N4O2S/c1-13-7-9-15(10-8-13)24(22,23)21-20-17-12-11-16(18-19-17)14-5-3-2-4-6-14/h2-12,21H,1H3,(H,19,20). The van der Waals surface area contributed by atoms with Crippen molar-refractivity contribution in [3.05, 3.63) is 72.3 Å². The van der Waals surface area contributed by atoms with Crippen molar-refractivity contribution in [3.8, 4) is 11.3 Å². The van der Waals surface area contributed by atoms with E-state index in [1.807, 2.05) is 37.3 Å². The molecular formula is C17H16N4O2S. The van der Waals surface area contributed by atoms with Crippen molar-refractivity contribution in [1.29, 1.82) is 0 Å². The second kappa shape index (κ2) is 6.77. The molecule has 3 aromatic rings. The van der Waals surface area contributed by atoms with E-state index in [4.69, 9.17) is 0 Å². The first-order chi connectivity index (χ1) is 11.5. The molecule has 0 atom stereocenters. The van der Waals surface area contributed by atoms with Gasteiger partial charge in [-0.3, -0.25) is 5.43 Å². The lowest BCUT2D eigenvalue weighted by Gasteiger charge is -2.09. The molecule has 0 saturated carbocycles. The van der Waals surface area contributed by atoms with Crippen LogP contribution in [0, 0.1) is 6.92 Å². The van der Waals surface area contributed by atoms with E-state index in [1.165, 1.54) is 0 Å². The Hall–Kier alpha value is -2.77. The number of sulfonamides is 1. The Morgan fingerprint density at radius 2 is 1.54 bits per heavy atom. The van der Waals surface area contributed by atoms with E-state index in [-0.39, 0.29) is 4.90 Å². The number of benzene rings is 2. The van der Waals surface area contributed by atoms with Gasteiger partial charge in [-0.25, -0.2) is 8.42 Å². The Morgan fingerprint density at radius 1 is 0.833 bits per heavy atom. The molecule has 1 heterocycles. The van der Waals surface area contributed by atoms with Crippen LogP contribution in [0.4, 0.5) is 5.82 Å². The lowest BCUT2D eigenvalue weighted by molar-refractivity contribution is 0.587. The molecule has 3 rings (SSSR count). The topological polar surface area (TPSA) is 84.0 Å². The van der Waals surface area contributed by atoms with Crippen LogP contribution in [-0.4, -0.2) is 18.6 Å². The van der Waals surface area contributed by atoms with Crippen LogP contribution in [0.25, 0.3) is 11.3 Å². The van der Waals surface area contributed by atoms with Crippen LogP contribution >= 0.6 is 0 Å². The van der Waals surface area contributed by atoms with Crippen molar-refractivity contribution in [2.45, 2.75) is 11.8 Å². The van der Waals surface area contributed by atoms with Crippen LogP contribution in [0.15, 0.2) is 71.6 Å². The molecule has 24 heavy (non-hydrogen) atoms. The van der Waals surface area contributed by atoms with Crippen LogP contribution in [0.2, 0.25) is 0 Å². The summed E-state index contributed by atoms with van der Waals surface area (Å²) in [6.07, 6.45) is 0. The van der Waals surface area contributed by atoms with Gasteiger partial charge in [0, 0.05) is 5.56 Å². The van der Waals surface area contributed by atoms with E-state index < -0.39 is 10.0 Å². The average molecular weight is 340 g/mol. The first-order valence-corrected chi connectivity index (χ1v) is 8.76. The van der Waals surface area contributed by atoms with E-state index in [2.05, 4.69) is 20.5 Å². The molecule has 0 fully saturated rings. The number of hydrogen-bond acceptors (Lipinski definition) is 5. The Labute approximate surface area is 140 Å². The predicted molar refractivity (Wildman–Crippen MR) is 92.6 cm³/mol. The molecule has 0 radical (unpaired) electrons. The average Bonchev–Trinajstić information content (AvgIpc) is 2.62. The van der Waals surface area contributed by atoms with Gasteiger partial charge in [0.2, 0.25) is 0 Å². The molecule has 122 valence electrons. The lowest BCUT2D eigenvalue weighted by Crippen LogP contribution is -2.30. The molecule has 7 heteroatoms. The Bertz CT molecular complexity index is 909. The molecule has 0 aliphatic rings. The van der Waals surface area contributed by atoms with Gasteiger partial charge in [0.1, 0.15) is 0 Å². The maximum Gasteiger partial charge on any atom is 0.257 e. The zero-order valence-electron chi connectivity index (χ0n) is 13.0. The molecule has 0 aliphatic heterocycles. The second-order valence-electron chi connectivity index (χ2n) is 5.21. The Morgan fingerprint density at radius 3 is 2.17 bits per heavy atom. The second-order valence-corrected chi connectivity index (χ2v) is 6.90. The van der Waals surface area contributed by atoms with Crippen molar-refractivity contribution in [2.24, 2.45) is 0 Å². The van der Waals surface area contributed by atoms with Gasteiger partial charge in [0.15, 0.2) is 5.82 Å². The number of aromatic nitrogens is 2. The number of nitrogens with one attached hydrogen (secondary N) is 2. The molecule has 0 saturated heterocycles. The van der Waals surface area contributed by atoms with Gasteiger partial charge >= 0.3 is 0 Å². The smallest absolute Gasteiger partial charge is 0.257 e. The molecule has 6 nitrogen and oxygen atoms in total. The predicted octanol–water partition coefficient (Wildman–Crippen LogP) is 2.76. The third-order valence-electron chi connectivity index (χ3n) is 3.38. The summed E-state index contributed by atoms with van der Waals surface area (Å²) in [7, 11) is -3.67. The van der Waals surface area contributed by atoms with E-state index in [1.54, 1.807) is 36.4 Å². The van der Waals surface area contributed by atoms with Crippen LogP contribution in [-0.2, 0) is 10.0 Å². The monoisotopic (exact) mass is 340 g/mol. The number of anilines is 1. The van der Waals surface area contributed by atoms with Gasteiger partial charge in [-0.15, -0.1) is 15.0 Å². The van der Waals surface area contributed by atoms with Crippen LogP contribution < -0.4 is 10.3 Å². The highest BCUT2D eigenvalue weighted by Gasteiger charge is 2.13. The molecule has 0 amide bonds. The molecule has 0 bridgehead atoms. The third kappa shape index (κ3) is 3.76. The highest BCUT2D eigenvalue weighted by atomic mass is 32.2. The van der Waals surface area contributed by atoms with E-state index >= 15 is 0 Å². The van der Waals surface area contributed by atoms with E-state index in [9.17, 15) is 8.42 Å². The molecule has 1 aromatic heterocycles. The number of rotatable bonds is 5. The van der Waals surface area contributed by atoms with E-state index in [0.29, 0.717) is 11.5 Å². The van der Waals surface area contributed by atoms with Crippen LogP contribution in [0.5, 0.6) is 0 Å². The SMILES string of the molecule is Cc1ccc(S(=O)(=O)NNc2ccc(-c3ccccc3)nn2)cc1. The molecule has 0 aliphatic carbocycles. The van der Waals surface area contributed by atoms with Gasteiger partial charge < -0.3 is 0 Å². The molecule has 2 N–H and O–H groups in total. The Balaban J connectivity index is 1.69. The minimum Gasteiger partial charge on any atom is -0.290 e. The lowest BCUT2D eigenvalue weighted by atomic mass is 10.1. The summed E-state index contributed by atoms with van der Waals surface area (Å²) in [5.74, 6) is 0.311. The van der Waals surface area contributed by atoms with Gasteiger partial charge in [0.25, 0.3) is 10.0 Å². The van der Waals surface area contributed by atoms with Gasteiger partial charge in [0.05, 0.1) is 10.6 Å². The van der Waals surface area contributed by atoms with Gasteiger partial charge in [-0.1, -0.05) is 48.0 Å². The first kappa shape index (κ1) is 16.1. The van der Waals surface area contributed by atoms with Gasteiger partial charge in [-0.05, 0) is 31.2 Å². The molecule has 0 unspecified atom stereocenters. The fourth-order valence-corrected chi connectivity index (χ4v) is 2.91. The van der Waals surface area contributed by atoms with Crippen LogP contribution in [0.3, 0.4) is 0 Å². The summed E-state index contributed by atoms with van der Waals surface area (Å²) < 4.78 is 24.4. The van der Waals surface area contributed by atoms with Crippen LogP contribution in [0.1, 0.15) is 5.56 Å². The third-order valence-corrected chi connectivity index (χ3v) is 4.64. The van der Waals surface area contributed by atoms with Crippen molar-refractivity contribution >= 4 is 15.8 Å². The van der Waals surface area contributed by atoms with Crippen molar-refractivity contribution in [2.75, 3.05) is 5.43 Å². The van der Waals surface area contributed by atoms with Crippen molar-refractivity contribution in [1.82, 2.24) is 15.0 Å². The summed E-state index contributed by atoms with van der Waals surface area (Å²) in [6, 6.07) is 19.6. The number of nitrogens with zero attached hydrogens (tertiary/aromatic N) is 2. The Kier molecular flexibility index (Phi) is 4.54. The maximum absolute atomic E-state index is 12.2.